The van der Waals surface area contributed by atoms with Crippen molar-refractivity contribution in [1.29, 1.82) is 0 Å². The number of hydrogen-bond acceptors (Lipinski definition) is 4. The van der Waals surface area contributed by atoms with E-state index in [1.165, 1.54) is 12.1 Å². The Morgan fingerprint density at radius 3 is 2.18 bits per heavy atom. The second-order valence-corrected chi connectivity index (χ2v) is 3.72. The molecule has 2 rings (SSSR count). The highest BCUT2D eigenvalue weighted by atomic mass is 16.3. The van der Waals surface area contributed by atoms with Crippen LogP contribution in [0.3, 0.4) is 0 Å². The predicted molar refractivity (Wildman–Crippen MR) is 65.2 cm³/mol. The summed E-state index contributed by atoms with van der Waals surface area (Å²) < 4.78 is 0. The summed E-state index contributed by atoms with van der Waals surface area (Å²) in [6, 6.07) is 11.4. The van der Waals surface area contributed by atoms with E-state index < -0.39 is 0 Å². The molecular weight excluding hydrogens is 218 g/mol. The smallest absolute Gasteiger partial charge is 0.157 e. The third-order valence-corrected chi connectivity index (χ3v) is 2.40. The van der Waals surface area contributed by atoms with Crippen LogP contribution in [0.1, 0.15) is 5.56 Å². The third-order valence-electron chi connectivity index (χ3n) is 2.40. The molecule has 0 aromatic heterocycles. The maximum absolute atomic E-state index is 9.32. The summed E-state index contributed by atoms with van der Waals surface area (Å²) in [6.45, 7) is 0.526. The Balaban J connectivity index is 2.02. The van der Waals surface area contributed by atoms with Crippen molar-refractivity contribution in [2.75, 3.05) is 5.32 Å². The second-order valence-electron chi connectivity index (χ2n) is 3.72. The SMILES string of the molecule is Oc1ccc(NCc2ccc(O)c(O)c2)cc1. The van der Waals surface area contributed by atoms with Gasteiger partial charge in [-0.1, -0.05) is 6.07 Å². The van der Waals surface area contributed by atoms with Crippen LogP contribution in [0.4, 0.5) is 5.69 Å². The van der Waals surface area contributed by atoms with Crippen molar-refractivity contribution in [3.05, 3.63) is 48.0 Å². The molecule has 0 aliphatic rings. The Kier molecular flexibility index (Phi) is 3.05. The molecule has 2 aromatic carbocycles. The molecule has 0 saturated carbocycles. The van der Waals surface area contributed by atoms with Crippen LogP contribution in [-0.4, -0.2) is 15.3 Å². The van der Waals surface area contributed by atoms with Gasteiger partial charge in [-0.15, -0.1) is 0 Å². The first-order valence-corrected chi connectivity index (χ1v) is 5.19. The predicted octanol–water partition coefficient (Wildman–Crippen LogP) is 2.42. The molecule has 0 atom stereocenters. The Hall–Kier alpha value is -2.36. The fourth-order valence-corrected chi connectivity index (χ4v) is 1.46. The van der Waals surface area contributed by atoms with E-state index in [1.54, 1.807) is 30.3 Å². The van der Waals surface area contributed by atoms with Gasteiger partial charge >= 0.3 is 0 Å². The number of phenols is 3. The van der Waals surface area contributed by atoms with Crippen LogP contribution in [0.5, 0.6) is 17.2 Å². The van der Waals surface area contributed by atoms with Gasteiger partial charge in [-0.2, -0.15) is 0 Å². The molecular formula is C13H13NO3. The molecule has 88 valence electrons. The molecule has 0 unspecified atom stereocenters. The van der Waals surface area contributed by atoms with Gasteiger partial charge in [-0.3, -0.25) is 0 Å². The number of aromatic hydroxyl groups is 3. The van der Waals surface area contributed by atoms with E-state index in [4.69, 9.17) is 10.2 Å². The van der Waals surface area contributed by atoms with E-state index in [2.05, 4.69) is 5.32 Å². The highest BCUT2D eigenvalue weighted by Crippen LogP contribution is 2.25. The zero-order chi connectivity index (χ0) is 12.3. The zero-order valence-corrected chi connectivity index (χ0v) is 9.09. The molecule has 0 saturated heterocycles. The standard InChI is InChI=1S/C13H13NO3/c15-11-4-2-10(3-5-11)14-8-9-1-6-12(16)13(17)7-9/h1-7,14-17H,8H2. The molecule has 0 heterocycles. The number of benzene rings is 2. The fraction of sp³-hybridized carbons (Fsp3) is 0.0769. The van der Waals surface area contributed by atoms with E-state index in [9.17, 15) is 5.11 Å². The molecule has 0 fully saturated rings. The summed E-state index contributed by atoms with van der Waals surface area (Å²) in [5.74, 6) is -0.0359. The van der Waals surface area contributed by atoms with Gasteiger partial charge in [0.05, 0.1) is 0 Å². The first kappa shape index (κ1) is 11.1. The molecule has 4 nitrogen and oxygen atoms in total. The van der Waals surface area contributed by atoms with Gasteiger partial charge in [0.2, 0.25) is 0 Å². The van der Waals surface area contributed by atoms with Crippen molar-refractivity contribution in [3.8, 4) is 17.2 Å². The van der Waals surface area contributed by atoms with Crippen LogP contribution in [0.15, 0.2) is 42.5 Å². The highest BCUT2D eigenvalue weighted by Gasteiger charge is 2.00. The van der Waals surface area contributed by atoms with Crippen LogP contribution in [-0.2, 0) is 6.54 Å². The molecule has 0 bridgehead atoms. The number of nitrogens with one attached hydrogen (secondary N) is 1. The average Bonchev–Trinajstić information content (AvgIpc) is 2.33. The second kappa shape index (κ2) is 4.65. The first-order valence-electron chi connectivity index (χ1n) is 5.19. The lowest BCUT2D eigenvalue weighted by Gasteiger charge is -2.07. The fourth-order valence-electron chi connectivity index (χ4n) is 1.46. The quantitative estimate of drug-likeness (QED) is 0.483. The molecule has 0 amide bonds. The van der Waals surface area contributed by atoms with Crippen LogP contribution in [0.2, 0.25) is 0 Å². The minimum Gasteiger partial charge on any atom is -0.508 e. The normalized spacial score (nSPS) is 10.1. The van der Waals surface area contributed by atoms with Gasteiger partial charge in [0, 0.05) is 12.2 Å². The van der Waals surface area contributed by atoms with E-state index in [-0.39, 0.29) is 17.2 Å². The Morgan fingerprint density at radius 1 is 0.824 bits per heavy atom. The maximum atomic E-state index is 9.32. The van der Waals surface area contributed by atoms with Gasteiger partial charge in [-0.05, 0) is 42.0 Å². The summed E-state index contributed by atoms with van der Waals surface area (Å²) in [5.41, 5.74) is 1.73. The Bertz CT molecular complexity index is 509. The minimum atomic E-state index is -0.130. The van der Waals surface area contributed by atoms with Crippen molar-refractivity contribution in [3.63, 3.8) is 0 Å². The molecule has 0 radical (unpaired) electrons. The van der Waals surface area contributed by atoms with Crippen LogP contribution < -0.4 is 5.32 Å². The van der Waals surface area contributed by atoms with Crippen molar-refractivity contribution in [2.24, 2.45) is 0 Å². The maximum Gasteiger partial charge on any atom is 0.157 e. The van der Waals surface area contributed by atoms with Gasteiger partial charge in [0.25, 0.3) is 0 Å². The largest absolute Gasteiger partial charge is 0.508 e. The van der Waals surface area contributed by atoms with E-state index >= 15 is 0 Å². The number of anilines is 1. The van der Waals surface area contributed by atoms with Gasteiger partial charge in [0.15, 0.2) is 11.5 Å². The van der Waals surface area contributed by atoms with E-state index in [1.807, 2.05) is 0 Å². The third kappa shape index (κ3) is 2.81. The number of phenolic OH excluding ortho intramolecular Hbond substituents is 3. The van der Waals surface area contributed by atoms with E-state index in [0.717, 1.165) is 11.3 Å². The average molecular weight is 231 g/mol. The molecule has 0 spiro atoms. The summed E-state index contributed by atoms with van der Waals surface area (Å²) in [4.78, 5) is 0. The lowest BCUT2D eigenvalue weighted by Crippen LogP contribution is -1.98. The van der Waals surface area contributed by atoms with Crippen molar-refractivity contribution in [2.45, 2.75) is 6.54 Å². The molecule has 0 aliphatic carbocycles. The van der Waals surface area contributed by atoms with Crippen LogP contribution in [0, 0.1) is 0 Å². The van der Waals surface area contributed by atoms with Crippen LogP contribution >= 0.6 is 0 Å². The Morgan fingerprint density at radius 2 is 1.53 bits per heavy atom. The minimum absolute atomic E-state index is 0.126. The monoisotopic (exact) mass is 231 g/mol. The molecule has 17 heavy (non-hydrogen) atoms. The van der Waals surface area contributed by atoms with E-state index in [0.29, 0.717) is 6.54 Å². The first-order chi connectivity index (χ1) is 8.15. The lowest BCUT2D eigenvalue weighted by molar-refractivity contribution is 0.403. The highest BCUT2D eigenvalue weighted by molar-refractivity contribution is 5.47. The molecule has 0 aliphatic heterocycles. The topological polar surface area (TPSA) is 72.7 Å². The molecule has 4 N–H and O–H groups in total. The van der Waals surface area contributed by atoms with Gasteiger partial charge in [-0.25, -0.2) is 0 Å². The van der Waals surface area contributed by atoms with Crippen molar-refractivity contribution < 1.29 is 15.3 Å². The van der Waals surface area contributed by atoms with Gasteiger partial charge < -0.3 is 20.6 Å². The van der Waals surface area contributed by atoms with Crippen molar-refractivity contribution in [1.82, 2.24) is 0 Å². The lowest BCUT2D eigenvalue weighted by atomic mass is 10.2. The zero-order valence-electron chi connectivity index (χ0n) is 9.09. The summed E-state index contributed by atoms with van der Waals surface area (Å²) in [5, 5.41) is 30.7. The summed E-state index contributed by atoms with van der Waals surface area (Å²) >= 11 is 0. The summed E-state index contributed by atoms with van der Waals surface area (Å²) in [6.07, 6.45) is 0. The Labute approximate surface area is 98.8 Å². The van der Waals surface area contributed by atoms with Crippen molar-refractivity contribution >= 4 is 5.69 Å². The van der Waals surface area contributed by atoms with Gasteiger partial charge in [0.1, 0.15) is 5.75 Å². The molecule has 2 aromatic rings. The molecule has 4 heteroatoms. The summed E-state index contributed by atoms with van der Waals surface area (Å²) in [7, 11) is 0. The number of rotatable bonds is 3. The van der Waals surface area contributed by atoms with Crippen LogP contribution in [0.25, 0.3) is 0 Å². The number of hydrogen-bond donors (Lipinski definition) is 4.